The van der Waals surface area contributed by atoms with Crippen LogP contribution in [0.25, 0.3) is 10.8 Å². The van der Waals surface area contributed by atoms with E-state index in [0.717, 1.165) is 47.7 Å². The van der Waals surface area contributed by atoms with Gasteiger partial charge < -0.3 is 20.5 Å². The van der Waals surface area contributed by atoms with Gasteiger partial charge in [-0.3, -0.25) is 9.69 Å². The molecule has 2 atom stereocenters. The number of fused-ring (bicyclic) bond motifs is 1. The molecule has 4 aromatic rings. The van der Waals surface area contributed by atoms with Crippen molar-refractivity contribution in [3.05, 3.63) is 90.1 Å². The van der Waals surface area contributed by atoms with Crippen molar-refractivity contribution >= 4 is 28.6 Å². The molecule has 0 spiro atoms. The molecule has 1 fully saturated rings. The highest BCUT2D eigenvalue weighted by Crippen LogP contribution is 2.44. The summed E-state index contributed by atoms with van der Waals surface area (Å²) in [4.78, 5) is 19.9. The van der Waals surface area contributed by atoms with Crippen molar-refractivity contribution in [1.82, 2.24) is 9.88 Å². The van der Waals surface area contributed by atoms with Crippen LogP contribution >= 0.6 is 0 Å². The third-order valence-corrected chi connectivity index (χ3v) is 7.24. The first-order chi connectivity index (χ1) is 18.9. The summed E-state index contributed by atoms with van der Waals surface area (Å²) in [5, 5.41) is 5.46. The van der Waals surface area contributed by atoms with Gasteiger partial charge in [0, 0.05) is 35.4 Å². The van der Waals surface area contributed by atoms with Crippen molar-refractivity contribution in [2.75, 3.05) is 24.2 Å². The van der Waals surface area contributed by atoms with Gasteiger partial charge in [-0.1, -0.05) is 36.4 Å². The molecule has 1 aliphatic heterocycles. The van der Waals surface area contributed by atoms with E-state index >= 15 is 0 Å². The molecule has 3 aromatic carbocycles. The van der Waals surface area contributed by atoms with Crippen molar-refractivity contribution in [3.63, 3.8) is 0 Å². The van der Waals surface area contributed by atoms with Crippen molar-refractivity contribution < 1.29 is 14.3 Å². The summed E-state index contributed by atoms with van der Waals surface area (Å²) in [6.07, 6.45) is 4.64. The number of nitrogens with one attached hydrogen (secondary N) is 1. The predicted octanol–water partition coefficient (Wildman–Crippen LogP) is 6.30. The number of carbonyl (C=O) groups is 1. The summed E-state index contributed by atoms with van der Waals surface area (Å²) in [5.41, 5.74) is 7.72. The number of nitrogen functional groups attached to an aromatic ring is 1. The normalized spacial score (nSPS) is 17.2. The standard InChI is InChI=1S/C32H36N4O3/c1-4-38-30-20-25(12-15-29(30)39-22(2)3)32(21-37,36-18-8-11-28(36)23-9-6-5-7-10-23)35-26-13-14-27-24(19-26)16-17-34-31(27)33/h5-7,9-10,12-17,19-22,28,35H,4,8,11,18H2,1-3H3,(H2,33,34). The van der Waals surface area contributed by atoms with Crippen LogP contribution in [0.15, 0.2) is 79.0 Å². The van der Waals surface area contributed by atoms with Gasteiger partial charge in [-0.15, -0.1) is 0 Å². The molecule has 2 unspecified atom stereocenters. The predicted molar refractivity (Wildman–Crippen MR) is 156 cm³/mol. The number of carbonyl (C=O) groups excluding carboxylic acids is 1. The first-order valence-electron chi connectivity index (χ1n) is 13.6. The number of anilines is 2. The molecule has 3 N–H and O–H groups in total. The molecule has 1 aliphatic rings. The van der Waals surface area contributed by atoms with Gasteiger partial charge >= 0.3 is 0 Å². The topological polar surface area (TPSA) is 89.7 Å². The Morgan fingerprint density at radius 1 is 1.10 bits per heavy atom. The second-order valence-electron chi connectivity index (χ2n) is 10.2. The minimum atomic E-state index is -1.16. The first-order valence-corrected chi connectivity index (χ1v) is 13.6. The summed E-state index contributed by atoms with van der Waals surface area (Å²) in [6, 6.07) is 24.1. The fraction of sp³-hybridized carbons (Fsp3) is 0.312. The van der Waals surface area contributed by atoms with E-state index in [-0.39, 0.29) is 12.1 Å². The van der Waals surface area contributed by atoms with Crippen molar-refractivity contribution in [1.29, 1.82) is 0 Å². The van der Waals surface area contributed by atoms with E-state index in [1.807, 2.05) is 69.3 Å². The molecular weight excluding hydrogens is 488 g/mol. The van der Waals surface area contributed by atoms with Crippen LogP contribution in [0.1, 0.15) is 50.8 Å². The number of hydrogen-bond donors (Lipinski definition) is 2. The smallest absolute Gasteiger partial charge is 0.175 e. The van der Waals surface area contributed by atoms with E-state index < -0.39 is 5.66 Å². The van der Waals surface area contributed by atoms with Crippen molar-refractivity contribution in [2.45, 2.75) is 51.4 Å². The minimum Gasteiger partial charge on any atom is -0.490 e. The Hall–Kier alpha value is -4.10. The lowest BCUT2D eigenvalue weighted by Crippen LogP contribution is -2.53. The van der Waals surface area contributed by atoms with Crippen LogP contribution in [-0.4, -0.2) is 35.4 Å². The van der Waals surface area contributed by atoms with E-state index in [9.17, 15) is 4.79 Å². The number of aldehydes is 1. The molecule has 1 aromatic heterocycles. The molecule has 0 aliphatic carbocycles. The van der Waals surface area contributed by atoms with E-state index in [2.05, 4.69) is 39.5 Å². The quantitative estimate of drug-likeness (QED) is 0.235. The van der Waals surface area contributed by atoms with Crippen LogP contribution in [0, 0.1) is 0 Å². The van der Waals surface area contributed by atoms with Gasteiger partial charge in [0.1, 0.15) is 5.82 Å². The summed E-state index contributed by atoms with van der Waals surface area (Å²) in [7, 11) is 0. The van der Waals surface area contributed by atoms with E-state index in [1.165, 1.54) is 5.56 Å². The number of nitrogens with two attached hydrogens (primary N) is 1. The average Bonchev–Trinajstić information content (AvgIpc) is 3.44. The SMILES string of the molecule is CCOc1cc(C(C=O)(Nc2ccc3c(N)nccc3c2)N2CCCC2c2ccccc2)ccc1OC(C)C. The molecule has 0 amide bonds. The largest absolute Gasteiger partial charge is 0.490 e. The molecule has 0 saturated carbocycles. The van der Waals surface area contributed by atoms with Crippen LogP contribution in [-0.2, 0) is 10.5 Å². The Labute approximate surface area is 229 Å². The first kappa shape index (κ1) is 26.5. The number of hydrogen-bond acceptors (Lipinski definition) is 7. The monoisotopic (exact) mass is 524 g/mol. The molecule has 0 radical (unpaired) electrons. The Balaban J connectivity index is 1.65. The maximum atomic E-state index is 13.4. The van der Waals surface area contributed by atoms with Crippen LogP contribution in [0.3, 0.4) is 0 Å². The molecule has 7 heteroatoms. The Bertz CT molecular complexity index is 1440. The average molecular weight is 525 g/mol. The third kappa shape index (κ3) is 5.27. The fourth-order valence-electron chi connectivity index (χ4n) is 5.55. The lowest BCUT2D eigenvalue weighted by molar-refractivity contribution is -0.118. The number of aromatic nitrogens is 1. The lowest BCUT2D eigenvalue weighted by Gasteiger charge is -2.43. The van der Waals surface area contributed by atoms with Gasteiger partial charge in [-0.2, -0.15) is 0 Å². The molecule has 39 heavy (non-hydrogen) atoms. The molecule has 7 nitrogen and oxygen atoms in total. The highest BCUT2D eigenvalue weighted by Gasteiger charge is 2.45. The Morgan fingerprint density at radius 2 is 1.92 bits per heavy atom. The van der Waals surface area contributed by atoms with Gasteiger partial charge in [0.05, 0.1) is 12.7 Å². The zero-order chi connectivity index (χ0) is 27.4. The second-order valence-corrected chi connectivity index (χ2v) is 10.2. The van der Waals surface area contributed by atoms with Crippen molar-refractivity contribution in [3.8, 4) is 11.5 Å². The van der Waals surface area contributed by atoms with Crippen LogP contribution in [0.5, 0.6) is 11.5 Å². The highest BCUT2D eigenvalue weighted by atomic mass is 16.5. The zero-order valence-electron chi connectivity index (χ0n) is 22.8. The number of likely N-dealkylation sites (tertiary alicyclic amines) is 1. The molecule has 2 heterocycles. The molecular formula is C32H36N4O3. The zero-order valence-corrected chi connectivity index (χ0v) is 22.8. The maximum Gasteiger partial charge on any atom is 0.175 e. The molecule has 5 rings (SSSR count). The van der Waals surface area contributed by atoms with E-state index in [4.69, 9.17) is 15.2 Å². The number of nitrogens with zero attached hydrogens (tertiary/aromatic N) is 2. The van der Waals surface area contributed by atoms with Gasteiger partial charge in [0.15, 0.2) is 23.4 Å². The summed E-state index contributed by atoms with van der Waals surface area (Å²) in [6.45, 7) is 7.15. The fourth-order valence-corrected chi connectivity index (χ4v) is 5.55. The maximum absolute atomic E-state index is 13.4. The summed E-state index contributed by atoms with van der Waals surface area (Å²) in [5.74, 6) is 1.75. The number of rotatable bonds is 10. The number of pyridine rings is 1. The molecule has 202 valence electrons. The summed E-state index contributed by atoms with van der Waals surface area (Å²) >= 11 is 0. The Kier molecular flexibility index (Phi) is 7.70. The highest BCUT2D eigenvalue weighted by molar-refractivity contribution is 5.93. The Morgan fingerprint density at radius 3 is 2.67 bits per heavy atom. The summed E-state index contributed by atoms with van der Waals surface area (Å²) < 4.78 is 12.0. The van der Waals surface area contributed by atoms with Gasteiger partial charge in [-0.25, -0.2) is 4.98 Å². The van der Waals surface area contributed by atoms with E-state index in [0.29, 0.717) is 23.9 Å². The van der Waals surface area contributed by atoms with E-state index in [1.54, 1.807) is 6.20 Å². The number of ether oxygens (including phenoxy) is 2. The van der Waals surface area contributed by atoms with Gasteiger partial charge in [-0.05, 0) is 81.0 Å². The third-order valence-electron chi connectivity index (χ3n) is 7.24. The van der Waals surface area contributed by atoms with Crippen molar-refractivity contribution in [2.24, 2.45) is 0 Å². The van der Waals surface area contributed by atoms with Crippen LogP contribution < -0.4 is 20.5 Å². The number of benzene rings is 3. The van der Waals surface area contributed by atoms with Gasteiger partial charge in [0.2, 0.25) is 0 Å². The molecule has 1 saturated heterocycles. The second kappa shape index (κ2) is 11.3. The van der Waals surface area contributed by atoms with Crippen LogP contribution in [0.2, 0.25) is 0 Å². The van der Waals surface area contributed by atoms with Crippen LogP contribution in [0.4, 0.5) is 11.5 Å². The van der Waals surface area contributed by atoms with Gasteiger partial charge in [0.25, 0.3) is 0 Å². The minimum absolute atomic E-state index is 0.00965. The molecule has 0 bridgehead atoms. The lowest BCUT2D eigenvalue weighted by atomic mass is 9.94.